The molecule has 0 saturated carbocycles. The number of carbonyl (C=O) groups is 1. The van der Waals surface area contributed by atoms with E-state index in [9.17, 15) is 14.9 Å². The lowest BCUT2D eigenvalue weighted by molar-refractivity contribution is -0.384. The van der Waals surface area contributed by atoms with Crippen LogP contribution < -0.4 is 10.1 Å². The minimum atomic E-state index is -0.475. The van der Waals surface area contributed by atoms with Crippen molar-refractivity contribution in [2.45, 2.75) is 11.3 Å². The molecule has 0 bridgehead atoms. The van der Waals surface area contributed by atoms with E-state index in [1.807, 2.05) is 24.3 Å². The van der Waals surface area contributed by atoms with Crippen molar-refractivity contribution in [3.05, 3.63) is 58.6 Å². The van der Waals surface area contributed by atoms with Crippen molar-refractivity contribution in [2.24, 2.45) is 0 Å². The topological polar surface area (TPSA) is 81.5 Å². The lowest BCUT2D eigenvalue weighted by atomic mass is 10.3. The van der Waals surface area contributed by atoms with Gasteiger partial charge in [-0.05, 0) is 36.4 Å². The van der Waals surface area contributed by atoms with Crippen LogP contribution in [0.1, 0.15) is 6.42 Å². The molecule has 0 atom stereocenters. The molecule has 2 aromatic carbocycles. The standard InChI is InChI=1S/C16H16N2O4S/c1-22-14-6-8-15(9-7-14)23-11-10-16(19)17-12-2-4-13(5-3-12)18(20)21/h2-9H,10-11H2,1H3,(H,17,19). The Balaban J connectivity index is 1.77. The summed E-state index contributed by atoms with van der Waals surface area (Å²) in [5.74, 6) is 1.32. The van der Waals surface area contributed by atoms with E-state index in [1.54, 1.807) is 18.9 Å². The molecule has 0 aliphatic rings. The fourth-order valence-corrected chi connectivity index (χ4v) is 2.68. The Morgan fingerprint density at radius 3 is 2.39 bits per heavy atom. The molecule has 0 saturated heterocycles. The molecule has 0 radical (unpaired) electrons. The number of carbonyl (C=O) groups excluding carboxylic acids is 1. The number of nitro groups is 1. The van der Waals surface area contributed by atoms with Gasteiger partial charge >= 0.3 is 0 Å². The zero-order valence-electron chi connectivity index (χ0n) is 12.5. The number of ether oxygens (including phenoxy) is 1. The molecule has 120 valence electrons. The van der Waals surface area contributed by atoms with E-state index in [-0.39, 0.29) is 11.6 Å². The number of methoxy groups -OCH3 is 1. The van der Waals surface area contributed by atoms with Crippen LogP contribution in [0.4, 0.5) is 11.4 Å². The van der Waals surface area contributed by atoms with Crippen LogP contribution in [0.3, 0.4) is 0 Å². The first-order valence-corrected chi connectivity index (χ1v) is 7.88. The second kappa shape index (κ2) is 8.19. The molecule has 1 N–H and O–H groups in total. The van der Waals surface area contributed by atoms with Gasteiger partial charge in [0.25, 0.3) is 5.69 Å². The Labute approximate surface area is 138 Å². The minimum absolute atomic E-state index is 0.00180. The Bertz CT molecular complexity index is 671. The van der Waals surface area contributed by atoms with Crippen LogP contribution in [0, 0.1) is 10.1 Å². The average molecular weight is 332 g/mol. The highest BCUT2D eigenvalue weighted by molar-refractivity contribution is 7.99. The van der Waals surface area contributed by atoms with Crippen molar-refractivity contribution in [1.29, 1.82) is 0 Å². The maximum Gasteiger partial charge on any atom is 0.269 e. The molecule has 0 unspecified atom stereocenters. The highest BCUT2D eigenvalue weighted by Gasteiger charge is 2.06. The van der Waals surface area contributed by atoms with Gasteiger partial charge in [-0.25, -0.2) is 0 Å². The van der Waals surface area contributed by atoms with E-state index in [2.05, 4.69) is 5.32 Å². The Hall–Kier alpha value is -2.54. The van der Waals surface area contributed by atoms with Crippen molar-refractivity contribution in [3.8, 4) is 5.75 Å². The van der Waals surface area contributed by atoms with E-state index in [1.165, 1.54) is 24.3 Å². The Morgan fingerprint density at radius 2 is 1.83 bits per heavy atom. The summed E-state index contributed by atoms with van der Waals surface area (Å²) in [6.45, 7) is 0. The summed E-state index contributed by atoms with van der Waals surface area (Å²) < 4.78 is 5.09. The van der Waals surface area contributed by atoms with E-state index in [0.717, 1.165) is 10.6 Å². The van der Waals surface area contributed by atoms with Gasteiger partial charge in [-0.1, -0.05) is 0 Å². The van der Waals surface area contributed by atoms with Crippen molar-refractivity contribution in [1.82, 2.24) is 0 Å². The number of anilines is 1. The zero-order valence-corrected chi connectivity index (χ0v) is 13.3. The van der Waals surface area contributed by atoms with Crippen LogP contribution in [-0.4, -0.2) is 23.7 Å². The third-order valence-corrected chi connectivity index (χ3v) is 4.03. The summed E-state index contributed by atoms with van der Waals surface area (Å²) in [6, 6.07) is 13.4. The largest absolute Gasteiger partial charge is 0.497 e. The van der Waals surface area contributed by atoms with Gasteiger partial charge in [0.1, 0.15) is 5.75 Å². The highest BCUT2D eigenvalue weighted by atomic mass is 32.2. The first-order valence-electron chi connectivity index (χ1n) is 6.89. The fraction of sp³-hybridized carbons (Fsp3) is 0.188. The van der Waals surface area contributed by atoms with Crippen LogP contribution in [0.25, 0.3) is 0 Å². The van der Waals surface area contributed by atoms with E-state index >= 15 is 0 Å². The normalized spacial score (nSPS) is 10.1. The lowest BCUT2D eigenvalue weighted by Crippen LogP contribution is -2.12. The van der Waals surface area contributed by atoms with Crippen LogP contribution in [-0.2, 0) is 4.79 Å². The number of hydrogen-bond donors (Lipinski definition) is 1. The first-order chi connectivity index (χ1) is 11.1. The summed E-state index contributed by atoms with van der Waals surface area (Å²) in [4.78, 5) is 23.0. The minimum Gasteiger partial charge on any atom is -0.497 e. The van der Waals surface area contributed by atoms with Crippen molar-refractivity contribution in [2.75, 3.05) is 18.2 Å². The number of thioether (sulfide) groups is 1. The average Bonchev–Trinajstić information content (AvgIpc) is 2.56. The maximum atomic E-state index is 11.8. The fourth-order valence-electron chi connectivity index (χ4n) is 1.82. The van der Waals surface area contributed by atoms with Crippen LogP contribution in [0.2, 0.25) is 0 Å². The molecular formula is C16H16N2O4S. The molecule has 7 heteroatoms. The number of nitrogens with one attached hydrogen (secondary N) is 1. The first kappa shape index (κ1) is 16.8. The predicted molar refractivity (Wildman–Crippen MR) is 90.1 cm³/mol. The van der Waals surface area contributed by atoms with Gasteiger partial charge < -0.3 is 10.1 Å². The highest BCUT2D eigenvalue weighted by Crippen LogP contribution is 2.22. The molecule has 0 fully saturated rings. The number of nitro benzene ring substituents is 1. The van der Waals surface area contributed by atoms with E-state index < -0.39 is 4.92 Å². The van der Waals surface area contributed by atoms with Crippen molar-refractivity contribution >= 4 is 29.0 Å². The number of amides is 1. The lowest BCUT2D eigenvalue weighted by Gasteiger charge is -2.05. The third-order valence-electron chi connectivity index (χ3n) is 3.02. The maximum absolute atomic E-state index is 11.8. The molecule has 0 aliphatic heterocycles. The summed E-state index contributed by atoms with van der Waals surface area (Å²) >= 11 is 1.58. The van der Waals surface area contributed by atoms with Crippen molar-refractivity contribution in [3.63, 3.8) is 0 Å². The van der Waals surface area contributed by atoms with E-state index in [4.69, 9.17) is 4.74 Å². The number of benzene rings is 2. The molecular weight excluding hydrogens is 316 g/mol. The van der Waals surface area contributed by atoms with Gasteiger partial charge in [0, 0.05) is 34.9 Å². The Morgan fingerprint density at radius 1 is 1.17 bits per heavy atom. The van der Waals surface area contributed by atoms with Gasteiger partial charge in [0.2, 0.25) is 5.91 Å². The summed E-state index contributed by atoms with van der Waals surface area (Å²) in [5.41, 5.74) is 0.549. The molecule has 0 spiro atoms. The predicted octanol–water partition coefficient (Wildman–Crippen LogP) is 3.72. The molecule has 0 aliphatic carbocycles. The smallest absolute Gasteiger partial charge is 0.269 e. The number of hydrogen-bond acceptors (Lipinski definition) is 5. The van der Waals surface area contributed by atoms with Gasteiger partial charge in [-0.2, -0.15) is 0 Å². The molecule has 6 nitrogen and oxygen atoms in total. The Kier molecular flexibility index (Phi) is 5.99. The second-order valence-electron chi connectivity index (χ2n) is 4.63. The van der Waals surface area contributed by atoms with Crippen LogP contribution in [0.15, 0.2) is 53.4 Å². The van der Waals surface area contributed by atoms with Gasteiger partial charge in [0.05, 0.1) is 12.0 Å². The van der Waals surface area contributed by atoms with Crippen LogP contribution >= 0.6 is 11.8 Å². The number of non-ortho nitro benzene ring substituents is 1. The van der Waals surface area contributed by atoms with Gasteiger partial charge in [-0.3, -0.25) is 14.9 Å². The van der Waals surface area contributed by atoms with E-state index in [0.29, 0.717) is 17.9 Å². The molecule has 2 rings (SSSR count). The SMILES string of the molecule is COc1ccc(SCCC(=O)Nc2ccc([N+](=O)[O-])cc2)cc1. The molecule has 23 heavy (non-hydrogen) atoms. The quantitative estimate of drug-likeness (QED) is 0.475. The van der Waals surface area contributed by atoms with Gasteiger partial charge in [0.15, 0.2) is 0 Å². The number of rotatable bonds is 7. The van der Waals surface area contributed by atoms with Crippen molar-refractivity contribution < 1.29 is 14.5 Å². The summed E-state index contributed by atoms with van der Waals surface area (Å²) in [6.07, 6.45) is 0.355. The summed E-state index contributed by atoms with van der Waals surface area (Å²) in [7, 11) is 1.62. The third kappa shape index (κ3) is 5.30. The molecule has 2 aromatic rings. The van der Waals surface area contributed by atoms with Crippen LogP contribution in [0.5, 0.6) is 5.75 Å². The molecule has 0 heterocycles. The van der Waals surface area contributed by atoms with Gasteiger partial charge in [-0.15, -0.1) is 11.8 Å². The zero-order chi connectivity index (χ0) is 16.7. The second-order valence-corrected chi connectivity index (χ2v) is 5.79. The summed E-state index contributed by atoms with van der Waals surface area (Å²) in [5, 5.41) is 13.3. The molecule has 0 aromatic heterocycles. The number of nitrogens with zero attached hydrogens (tertiary/aromatic N) is 1. The molecule has 1 amide bonds. The monoisotopic (exact) mass is 332 g/mol.